The number of phenols is 1. The SMILES string of the molecule is Oc1cccc(Cl)c1CNc1ccc(OC(F)F)c(F)c1. The van der Waals surface area contributed by atoms with Crippen LogP contribution < -0.4 is 10.1 Å². The van der Waals surface area contributed by atoms with Crippen molar-refractivity contribution in [1.29, 1.82) is 0 Å². The van der Waals surface area contributed by atoms with Gasteiger partial charge in [-0.2, -0.15) is 8.78 Å². The first-order valence-electron chi connectivity index (χ1n) is 5.92. The smallest absolute Gasteiger partial charge is 0.387 e. The zero-order chi connectivity index (χ0) is 15.4. The lowest BCUT2D eigenvalue weighted by molar-refractivity contribution is -0.0521. The molecule has 0 aliphatic heterocycles. The largest absolute Gasteiger partial charge is 0.508 e. The minimum atomic E-state index is -3.08. The highest BCUT2D eigenvalue weighted by atomic mass is 35.5. The summed E-state index contributed by atoms with van der Waals surface area (Å²) in [6, 6.07) is 8.18. The van der Waals surface area contributed by atoms with E-state index < -0.39 is 18.2 Å². The Morgan fingerprint density at radius 2 is 2.00 bits per heavy atom. The third-order valence-electron chi connectivity index (χ3n) is 2.71. The number of benzene rings is 2. The van der Waals surface area contributed by atoms with Crippen LogP contribution in [0.5, 0.6) is 11.5 Å². The average molecular weight is 318 g/mol. The fraction of sp³-hybridized carbons (Fsp3) is 0.143. The molecule has 0 aliphatic rings. The van der Waals surface area contributed by atoms with Crippen molar-refractivity contribution in [2.75, 3.05) is 5.32 Å². The number of nitrogens with one attached hydrogen (secondary N) is 1. The number of ether oxygens (including phenoxy) is 1. The predicted octanol–water partition coefficient (Wildman–Crippen LogP) is 4.40. The lowest BCUT2D eigenvalue weighted by Crippen LogP contribution is -2.05. The van der Waals surface area contributed by atoms with E-state index in [2.05, 4.69) is 10.1 Å². The van der Waals surface area contributed by atoms with E-state index in [1.807, 2.05) is 0 Å². The van der Waals surface area contributed by atoms with Gasteiger partial charge >= 0.3 is 6.61 Å². The Morgan fingerprint density at radius 3 is 2.62 bits per heavy atom. The van der Waals surface area contributed by atoms with Crippen molar-refractivity contribution < 1.29 is 23.0 Å². The molecule has 112 valence electrons. The summed E-state index contributed by atoms with van der Waals surface area (Å²) >= 11 is 5.93. The third kappa shape index (κ3) is 3.95. The first-order valence-corrected chi connectivity index (χ1v) is 6.29. The van der Waals surface area contributed by atoms with Crippen molar-refractivity contribution in [3.63, 3.8) is 0 Å². The summed E-state index contributed by atoms with van der Waals surface area (Å²) < 4.78 is 41.5. The van der Waals surface area contributed by atoms with Crippen LogP contribution in [0.2, 0.25) is 5.02 Å². The number of hydrogen-bond donors (Lipinski definition) is 2. The summed E-state index contributed by atoms with van der Waals surface area (Å²) in [5.74, 6) is -1.44. The number of hydrogen-bond acceptors (Lipinski definition) is 3. The Morgan fingerprint density at radius 1 is 1.24 bits per heavy atom. The van der Waals surface area contributed by atoms with Crippen LogP contribution in [0.1, 0.15) is 5.56 Å². The highest BCUT2D eigenvalue weighted by Crippen LogP contribution is 2.27. The molecule has 0 saturated carbocycles. The van der Waals surface area contributed by atoms with Crippen LogP contribution in [0.25, 0.3) is 0 Å². The van der Waals surface area contributed by atoms with Crippen molar-refractivity contribution in [1.82, 2.24) is 0 Å². The quantitative estimate of drug-likeness (QED) is 0.859. The van der Waals surface area contributed by atoms with E-state index in [-0.39, 0.29) is 12.3 Å². The van der Waals surface area contributed by atoms with Gasteiger partial charge < -0.3 is 15.2 Å². The molecule has 2 aromatic carbocycles. The second-order valence-electron chi connectivity index (χ2n) is 4.11. The summed E-state index contributed by atoms with van der Waals surface area (Å²) in [5, 5.41) is 12.9. The van der Waals surface area contributed by atoms with Crippen LogP contribution in [0.15, 0.2) is 36.4 Å². The molecule has 0 atom stereocenters. The van der Waals surface area contributed by atoms with E-state index in [0.29, 0.717) is 16.3 Å². The predicted molar refractivity (Wildman–Crippen MR) is 73.5 cm³/mol. The number of alkyl halides is 2. The van der Waals surface area contributed by atoms with E-state index in [9.17, 15) is 18.3 Å². The Bertz CT molecular complexity index is 617. The fourth-order valence-electron chi connectivity index (χ4n) is 1.72. The molecule has 0 heterocycles. The van der Waals surface area contributed by atoms with Gasteiger partial charge in [-0.3, -0.25) is 0 Å². The molecule has 0 amide bonds. The molecule has 0 aliphatic carbocycles. The zero-order valence-electron chi connectivity index (χ0n) is 10.6. The van der Waals surface area contributed by atoms with Gasteiger partial charge in [0.05, 0.1) is 0 Å². The zero-order valence-corrected chi connectivity index (χ0v) is 11.4. The van der Waals surface area contributed by atoms with Crippen LogP contribution >= 0.6 is 11.6 Å². The molecule has 0 aromatic heterocycles. The molecule has 3 nitrogen and oxygen atoms in total. The van der Waals surface area contributed by atoms with Gasteiger partial charge in [0.1, 0.15) is 5.75 Å². The molecule has 21 heavy (non-hydrogen) atoms. The van der Waals surface area contributed by atoms with Crippen LogP contribution in [0, 0.1) is 5.82 Å². The maximum atomic E-state index is 13.5. The Hall–Kier alpha value is -2.08. The second kappa shape index (κ2) is 6.58. The van der Waals surface area contributed by atoms with E-state index in [1.165, 1.54) is 12.1 Å². The Labute approximate surface area is 123 Å². The first kappa shape index (κ1) is 15.3. The Kier molecular flexibility index (Phi) is 4.80. The molecule has 0 saturated heterocycles. The molecule has 2 aromatic rings. The van der Waals surface area contributed by atoms with Gasteiger partial charge in [0.2, 0.25) is 0 Å². The monoisotopic (exact) mass is 317 g/mol. The normalized spacial score (nSPS) is 10.7. The highest BCUT2D eigenvalue weighted by Gasteiger charge is 2.11. The molecule has 0 unspecified atom stereocenters. The van der Waals surface area contributed by atoms with Gasteiger partial charge in [0.25, 0.3) is 0 Å². The van der Waals surface area contributed by atoms with Crippen molar-refractivity contribution in [2.45, 2.75) is 13.2 Å². The number of halogens is 4. The molecule has 0 spiro atoms. The average Bonchev–Trinajstić information content (AvgIpc) is 2.41. The summed E-state index contributed by atoms with van der Waals surface area (Å²) in [6.45, 7) is -2.93. The van der Waals surface area contributed by atoms with Gasteiger partial charge in [-0.15, -0.1) is 0 Å². The maximum Gasteiger partial charge on any atom is 0.387 e. The maximum absolute atomic E-state index is 13.5. The second-order valence-corrected chi connectivity index (χ2v) is 4.52. The number of rotatable bonds is 5. The number of anilines is 1. The highest BCUT2D eigenvalue weighted by molar-refractivity contribution is 6.31. The van der Waals surface area contributed by atoms with Crippen molar-refractivity contribution in [2.24, 2.45) is 0 Å². The minimum Gasteiger partial charge on any atom is -0.508 e. The van der Waals surface area contributed by atoms with Gasteiger partial charge in [0.15, 0.2) is 11.6 Å². The summed E-state index contributed by atoms with van der Waals surface area (Å²) in [7, 11) is 0. The van der Waals surface area contributed by atoms with Crippen LogP contribution in [0.3, 0.4) is 0 Å². The number of aromatic hydroxyl groups is 1. The van der Waals surface area contributed by atoms with E-state index >= 15 is 0 Å². The Balaban J connectivity index is 2.09. The lowest BCUT2D eigenvalue weighted by atomic mass is 10.2. The van der Waals surface area contributed by atoms with E-state index in [1.54, 1.807) is 12.1 Å². The van der Waals surface area contributed by atoms with Crippen molar-refractivity contribution in [3.05, 3.63) is 52.8 Å². The molecular formula is C14H11ClF3NO2. The van der Waals surface area contributed by atoms with Gasteiger partial charge in [-0.25, -0.2) is 4.39 Å². The summed E-state index contributed by atoms with van der Waals surface area (Å²) in [5.41, 5.74) is 0.793. The standard InChI is InChI=1S/C14H11ClF3NO2/c15-10-2-1-3-12(20)9(10)7-19-8-4-5-13(11(16)6-8)21-14(17)18/h1-6,14,19-20H,7H2. The summed E-state index contributed by atoms with van der Waals surface area (Å²) in [6.07, 6.45) is 0. The third-order valence-corrected chi connectivity index (χ3v) is 3.07. The fourth-order valence-corrected chi connectivity index (χ4v) is 1.95. The molecular weight excluding hydrogens is 307 g/mol. The van der Waals surface area contributed by atoms with Crippen LogP contribution in [-0.4, -0.2) is 11.7 Å². The summed E-state index contributed by atoms with van der Waals surface area (Å²) in [4.78, 5) is 0. The van der Waals surface area contributed by atoms with Crippen molar-refractivity contribution >= 4 is 17.3 Å². The van der Waals surface area contributed by atoms with Gasteiger partial charge in [-0.1, -0.05) is 17.7 Å². The molecule has 0 radical (unpaired) electrons. The first-order chi connectivity index (χ1) is 9.97. The topological polar surface area (TPSA) is 41.5 Å². The van der Waals surface area contributed by atoms with Crippen LogP contribution in [-0.2, 0) is 6.54 Å². The van der Waals surface area contributed by atoms with Gasteiger partial charge in [-0.05, 0) is 24.3 Å². The van der Waals surface area contributed by atoms with E-state index in [0.717, 1.165) is 12.1 Å². The molecule has 2 rings (SSSR count). The molecule has 7 heteroatoms. The molecule has 2 N–H and O–H groups in total. The van der Waals surface area contributed by atoms with Crippen molar-refractivity contribution in [3.8, 4) is 11.5 Å². The number of phenolic OH excluding ortho intramolecular Hbond substituents is 1. The molecule has 0 fully saturated rings. The lowest BCUT2D eigenvalue weighted by Gasteiger charge is -2.11. The minimum absolute atomic E-state index is 0.00752. The van der Waals surface area contributed by atoms with E-state index in [4.69, 9.17) is 11.6 Å². The van der Waals surface area contributed by atoms with Gasteiger partial charge in [0, 0.05) is 28.9 Å². The molecule has 0 bridgehead atoms. The van der Waals surface area contributed by atoms with Crippen LogP contribution in [0.4, 0.5) is 18.9 Å².